The van der Waals surface area contributed by atoms with Crippen LogP contribution in [0, 0.1) is 11.3 Å². The molecule has 2 rings (SSSR count). The van der Waals surface area contributed by atoms with Crippen molar-refractivity contribution in [3.63, 3.8) is 0 Å². The average Bonchev–Trinajstić information content (AvgIpc) is 2.85. The number of hydrogen-bond donors (Lipinski definition) is 2. The van der Waals surface area contributed by atoms with Gasteiger partial charge in [-0.25, -0.2) is 0 Å². The van der Waals surface area contributed by atoms with Gasteiger partial charge in [-0.3, -0.25) is 0 Å². The number of halogens is 2. The standard InChI is InChI=1S/C24H42Cl2N2O2Si/c1-23(2,3)21-16-28-15-18(14-27-11-12-29-31(7,8)24(4,5)6)22(30-21)17-9-10-19(25)20(26)13-17/h9-10,13,18,21-22,27-28H,11-12,14-16H2,1-8H3/t18-,21?,22+/m1/s1. The van der Waals surface area contributed by atoms with Crippen molar-refractivity contribution in [3.05, 3.63) is 33.8 Å². The molecule has 1 aliphatic heterocycles. The van der Waals surface area contributed by atoms with Crippen molar-refractivity contribution in [1.29, 1.82) is 0 Å². The molecule has 0 amide bonds. The summed E-state index contributed by atoms with van der Waals surface area (Å²) in [6, 6.07) is 5.86. The fourth-order valence-electron chi connectivity index (χ4n) is 3.45. The van der Waals surface area contributed by atoms with Gasteiger partial charge in [0.2, 0.25) is 0 Å². The van der Waals surface area contributed by atoms with Gasteiger partial charge in [-0.2, -0.15) is 0 Å². The van der Waals surface area contributed by atoms with E-state index in [1.54, 1.807) is 0 Å². The van der Waals surface area contributed by atoms with Crippen molar-refractivity contribution in [1.82, 2.24) is 10.6 Å². The van der Waals surface area contributed by atoms with Gasteiger partial charge in [0, 0.05) is 38.7 Å². The second-order valence-electron chi connectivity index (χ2n) is 11.3. The zero-order valence-corrected chi connectivity index (χ0v) is 23.1. The summed E-state index contributed by atoms with van der Waals surface area (Å²) in [5.74, 6) is 0.275. The Morgan fingerprint density at radius 1 is 1.10 bits per heavy atom. The summed E-state index contributed by atoms with van der Waals surface area (Å²) in [6.07, 6.45) is 0.0571. The van der Waals surface area contributed by atoms with Gasteiger partial charge in [0.25, 0.3) is 0 Å². The molecular formula is C24H42Cl2N2O2Si. The maximum absolute atomic E-state index is 6.70. The van der Waals surface area contributed by atoms with E-state index < -0.39 is 8.32 Å². The van der Waals surface area contributed by atoms with E-state index in [1.807, 2.05) is 18.2 Å². The summed E-state index contributed by atoms with van der Waals surface area (Å²) >= 11 is 12.5. The molecular weight excluding hydrogens is 447 g/mol. The van der Waals surface area contributed by atoms with E-state index in [-0.39, 0.29) is 28.6 Å². The molecule has 0 aliphatic carbocycles. The maximum atomic E-state index is 6.70. The molecule has 1 aromatic carbocycles. The minimum atomic E-state index is -1.71. The average molecular weight is 490 g/mol. The third kappa shape index (κ3) is 7.70. The summed E-state index contributed by atoms with van der Waals surface area (Å²) in [4.78, 5) is 0. The van der Waals surface area contributed by atoms with Gasteiger partial charge in [-0.15, -0.1) is 0 Å². The predicted octanol–water partition coefficient (Wildman–Crippen LogP) is 6.30. The molecule has 4 nitrogen and oxygen atoms in total. The summed E-state index contributed by atoms with van der Waals surface area (Å²) in [7, 11) is -1.71. The zero-order chi connectivity index (χ0) is 23.4. The number of ether oxygens (including phenoxy) is 1. The summed E-state index contributed by atoms with van der Waals surface area (Å²) in [6.45, 7) is 22.2. The smallest absolute Gasteiger partial charge is 0.192 e. The van der Waals surface area contributed by atoms with E-state index in [9.17, 15) is 0 Å². The first kappa shape index (κ1) is 27.1. The normalized spacial score (nSPS) is 23.6. The molecule has 1 unspecified atom stereocenters. The van der Waals surface area contributed by atoms with Crippen molar-refractivity contribution in [2.75, 3.05) is 32.8 Å². The molecule has 31 heavy (non-hydrogen) atoms. The molecule has 1 aliphatic rings. The molecule has 0 radical (unpaired) electrons. The van der Waals surface area contributed by atoms with Gasteiger partial charge in [-0.1, -0.05) is 70.8 Å². The van der Waals surface area contributed by atoms with E-state index in [4.69, 9.17) is 32.4 Å². The van der Waals surface area contributed by atoms with Crippen LogP contribution in [0.1, 0.15) is 53.2 Å². The largest absolute Gasteiger partial charge is 0.416 e. The minimum Gasteiger partial charge on any atom is -0.416 e. The highest BCUT2D eigenvalue weighted by Crippen LogP contribution is 2.37. The lowest BCUT2D eigenvalue weighted by Crippen LogP contribution is -2.43. The second kappa shape index (κ2) is 10.9. The van der Waals surface area contributed by atoms with Crippen LogP contribution in [0.5, 0.6) is 0 Å². The minimum absolute atomic E-state index is 0.0425. The first-order chi connectivity index (χ1) is 14.2. The molecule has 2 N–H and O–H groups in total. The van der Waals surface area contributed by atoms with E-state index in [0.29, 0.717) is 10.0 Å². The Labute approximate surface area is 200 Å². The molecule has 7 heteroatoms. The summed E-state index contributed by atoms with van der Waals surface area (Å²) < 4.78 is 13.0. The first-order valence-corrected chi connectivity index (χ1v) is 15.0. The van der Waals surface area contributed by atoms with Gasteiger partial charge >= 0.3 is 0 Å². The lowest BCUT2D eigenvalue weighted by atomic mass is 9.88. The molecule has 0 bridgehead atoms. The third-order valence-electron chi connectivity index (χ3n) is 6.67. The van der Waals surface area contributed by atoms with E-state index in [1.165, 1.54) is 0 Å². The molecule has 1 fully saturated rings. The molecule has 178 valence electrons. The predicted molar refractivity (Wildman–Crippen MR) is 136 cm³/mol. The monoisotopic (exact) mass is 488 g/mol. The van der Waals surface area contributed by atoms with Crippen LogP contribution in [-0.2, 0) is 9.16 Å². The number of hydrogen-bond acceptors (Lipinski definition) is 4. The Morgan fingerprint density at radius 3 is 2.35 bits per heavy atom. The molecule has 0 spiro atoms. The summed E-state index contributed by atoms with van der Waals surface area (Å²) in [5, 5.41) is 8.59. The molecule has 1 saturated heterocycles. The Hall–Kier alpha value is -0.143. The van der Waals surface area contributed by atoms with Gasteiger partial charge in [-0.05, 0) is 41.2 Å². The van der Waals surface area contributed by atoms with Crippen LogP contribution in [-0.4, -0.2) is 47.2 Å². The molecule has 1 aromatic rings. The van der Waals surface area contributed by atoms with E-state index >= 15 is 0 Å². The van der Waals surface area contributed by atoms with Crippen molar-refractivity contribution in [2.24, 2.45) is 11.3 Å². The highest BCUT2D eigenvalue weighted by Gasteiger charge is 2.37. The van der Waals surface area contributed by atoms with Crippen LogP contribution in [0.3, 0.4) is 0 Å². The Kier molecular flexibility index (Phi) is 9.49. The highest BCUT2D eigenvalue weighted by atomic mass is 35.5. The van der Waals surface area contributed by atoms with Gasteiger partial charge < -0.3 is 19.8 Å². The lowest BCUT2D eigenvalue weighted by molar-refractivity contribution is -0.0740. The Bertz CT molecular complexity index is 717. The quantitative estimate of drug-likeness (QED) is 0.349. The zero-order valence-electron chi connectivity index (χ0n) is 20.6. The maximum Gasteiger partial charge on any atom is 0.192 e. The van der Waals surface area contributed by atoms with E-state index in [2.05, 4.69) is 65.3 Å². The van der Waals surface area contributed by atoms with Gasteiger partial charge in [0.1, 0.15) is 0 Å². The first-order valence-electron chi connectivity index (χ1n) is 11.4. The van der Waals surface area contributed by atoms with E-state index in [0.717, 1.165) is 38.3 Å². The van der Waals surface area contributed by atoms with Gasteiger partial charge in [0.15, 0.2) is 8.32 Å². The van der Waals surface area contributed by atoms with Crippen LogP contribution in [0.4, 0.5) is 0 Å². The third-order valence-corrected chi connectivity index (χ3v) is 11.9. The lowest BCUT2D eigenvalue weighted by Gasteiger charge is -2.36. The SMILES string of the molecule is CC(C)(C)C1CNC[C@@H](CNCCO[Si](C)(C)C(C)(C)C)[C@H](c2ccc(Cl)c(Cl)c2)O1. The van der Waals surface area contributed by atoms with Crippen LogP contribution >= 0.6 is 23.2 Å². The highest BCUT2D eigenvalue weighted by molar-refractivity contribution is 6.74. The fourth-order valence-corrected chi connectivity index (χ4v) is 4.81. The second-order valence-corrected chi connectivity index (χ2v) is 16.9. The fraction of sp³-hybridized carbons (Fsp3) is 0.750. The van der Waals surface area contributed by atoms with Crippen LogP contribution in [0.25, 0.3) is 0 Å². The molecule has 1 heterocycles. The number of benzene rings is 1. The Balaban J connectivity index is 2.05. The van der Waals surface area contributed by atoms with Gasteiger partial charge in [0.05, 0.1) is 22.3 Å². The topological polar surface area (TPSA) is 42.5 Å². The van der Waals surface area contributed by atoms with Crippen molar-refractivity contribution >= 4 is 31.5 Å². The Morgan fingerprint density at radius 2 is 1.77 bits per heavy atom. The van der Waals surface area contributed by atoms with Crippen LogP contribution in [0.15, 0.2) is 18.2 Å². The molecule has 3 atom stereocenters. The van der Waals surface area contributed by atoms with Crippen molar-refractivity contribution < 1.29 is 9.16 Å². The van der Waals surface area contributed by atoms with Crippen molar-refractivity contribution in [2.45, 2.75) is 71.9 Å². The van der Waals surface area contributed by atoms with Crippen LogP contribution < -0.4 is 10.6 Å². The van der Waals surface area contributed by atoms with Crippen molar-refractivity contribution in [3.8, 4) is 0 Å². The number of nitrogens with one attached hydrogen (secondary N) is 2. The molecule has 0 saturated carbocycles. The number of rotatable bonds is 7. The molecule has 0 aromatic heterocycles. The van der Waals surface area contributed by atoms with Crippen LogP contribution in [0.2, 0.25) is 28.2 Å². The summed E-state index contributed by atoms with van der Waals surface area (Å²) in [5.41, 5.74) is 1.12.